The van der Waals surface area contributed by atoms with Crippen molar-refractivity contribution in [2.45, 2.75) is 45.3 Å². The summed E-state index contributed by atoms with van der Waals surface area (Å²) in [5.41, 5.74) is -0.472. The lowest BCUT2D eigenvalue weighted by atomic mass is 9.95. The molecular formula is C13H21NO4. The van der Waals surface area contributed by atoms with E-state index in [4.69, 9.17) is 9.47 Å². The zero-order valence-electron chi connectivity index (χ0n) is 11.4. The molecule has 1 saturated heterocycles. The second-order valence-corrected chi connectivity index (χ2v) is 6.15. The van der Waals surface area contributed by atoms with Crippen molar-refractivity contribution in [3.8, 4) is 0 Å². The number of nitrogens with zero attached hydrogens (tertiary/aromatic N) is 1. The van der Waals surface area contributed by atoms with Crippen LogP contribution in [0.3, 0.4) is 0 Å². The summed E-state index contributed by atoms with van der Waals surface area (Å²) in [6.07, 6.45) is 1.33. The van der Waals surface area contributed by atoms with E-state index in [2.05, 4.69) is 0 Å². The number of fused-ring (bicyclic) bond motifs is 2. The van der Waals surface area contributed by atoms with Gasteiger partial charge >= 0.3 is 12.1 Å². The molecule has 18 heavy (non-hydrogen) atoms. The number of methoxy groups -OCH3 is 1. The Bertz CT molecular complexity index is 360. The second-order valence-electron chi connectivity index (χ2n) is 6.15. The first kappa shape index (κ1) is 13.2. The molecule has 1 aliphatic carbocycles. The third kappa shape index (κ3) is 2.44. The van der Waals surface area contributed by atoms with Crippen LogP contribution in [-0.4, -0.2) is 42.3 Å². The van der Waals surface area contributed by atoms with E-state index in [1.165, 1.54) is 7.11 Å². The topological polar surface area (TPSA) is 55.8 Å². The molecule has 5 heteroatoms. The number of likely N-dealkylation sites (tertiary alicyclic amines) is 1. The van der Waals surface area contributed by atoms with Crippen LogP contribution in [-0.2, 0) is 14.3 Å². The minimum Gasteiger partial charge on any atom is -0.469 e. The molecular weight excluding hydrogens is 234 g/mol. The van der Waals surface area contributed by atoms with Gasteiger partial charge in [-0.3, -0.25) is 4.79 Å². The molecule has 1 heterocycles. The summed E-state index contributed by atoms with van der Waals surface area (Å²) in [6, 6.07) is 0.133. The van der Waals surface area contributed by atoms with E-state index < -0.39 is 5.60 Å². The Morgan fingerprint density at radius 2 is 1.89 bits per heavy atom. The minimum absolute atomic E-state index is 0.0429. The molecule has 2 bridgehead atoms. The molecule has 102 valence electrons. The van der Waals surface area contributed by atoms with Gasteiger partial charge in [-0.1, -0.05) is 0 Å². The highest BCUT2D eigenvalue weighted by Gasteiger charge is 2.50. The molecule has 0 aromatic carbocycles. The maximum Gasteiger partial charge on any atom is 0.410 e. The van der Waals surface area contributed by atoms with Crippen molar-refractivity contribution in [3.05, 3.63) is 0 Å². The van der Waals surface area contributed by atoms with Crippen LogP contribution in [0.15, 0.2) is 0 Å². The first-order valence-corrected chi connectivity index (χ1v) is 6.39. The lowest BCUT2D eigenvalue weighted by Gasteiger charge is -2.32. The normalized spacial score (nSPS) is 30.4. The van der Waals surface area contributed by atoms with E-state index in [1.54, 1.807) is 4.90 Å². The maximum atomic E-state index is 12.0. The third-order valence-corrected chi connectivity index (χ3v) is 3.67. The molecule has 0 aromatic rings. The minimum atomic E-state index is -0.472. The fraction of sp³-hybridized carbons (Fsp3) is 0.846. The Kier molecular flexibility index (Phi) is 3.25. The summed E-state index contributed by atoms with van der Waals surface area (Å²) in [5, 5.41) is 0. The maximum absolute atomic E-state index is 12.0. The number of hydrogen-bond acceptors (Lipinski definition) is 4. The zero-order chi connectivity index (χ0) is 13.5. The number of carbonyl (C=O) groups is 2. The molecule has 1 saturated carbocycles. The lowest BCUT2D eigenvalue weighted by molar-refractivity contribution is -0.147. The van der Waals surface area contributed by atoms with Gasteiger partial charge in [-0.25, -0.2) is 4.79 Å². The SMILES string of the molecule is COC(=O)[C@H]1C[C@H]2C[C@@H]1CN2C(=O)OC(C)(C)C. The Morgan fingerprint density at radius 1 is 1.22 bits per heavy atom. The van der Waals surface area contributed by atoms with Gasteiger partial charge in [0.1, 0.15) is 5.60 Å². The fourth-order valence-corrected chi connectivity index (χ4v) is 2.94. The molecule has 2 aliphatic rings. The highest BCUT2D eigenvalue weighted by Crippen LogP contribution is 2.43. The lowest BCUT2D eigenvalue weighted by Crippen LogP contribution is -2.44. The van der Waals surface area contributed by atoms with Gasteiger partial charge in [0.15, 0.2) is 0 Å². The molecule has 0 N–H and O–H groups in total. The number of carbonyl (C=O) groups excluding carboxylic acids is 2. The van der Waals surface area contributed by atoms with E-state index in [-0.39, 0.29) is 29.9 Å². The molecule has 1 amide bonds. The summed E-state index contributed by atoms with van der Waals surface area (Å²) < 4.78 is 10.2. The van der Waals surface area contributed by atoms with Crippen LogP contribution in [0, 0.1) is 11.8 Å². The van der Waals surface area contributed by atoms with Crippen molar-refractivity contribution in [1.82, 2.24) is 4.90 Å². The summed E-state index contributed by atoms with van der Waals surface area (Å²) in [5.74, 6) is 0.0417. The van der Waals surface area contributed by atoms with Crippen molar-refractivity contribution in [3.63, 3.8) is 0 Å². The Hall–Kier alpha value is -1.26. The average molecular weight is 255 g/mol. The summed E-state index contributed by atoms with van der Waals surface area (Å²) in [6.45, 7) is 6.18. The largest absolute Gasteiger partial charge is 0.469 e. The van der Waals surface area contributed by atoms with Gasteiger partial charge in [-0.15, -0.1) is 0 Å². The molecule has 0 spiro atoms. The van der Waals surface area contributed by atoms with Crippen molar-refractivity contribution in [1.29, 1.82) is 0 Å². The van der Waals surface area contributed by atoms with Crippen LogP contribution in [0.1, 0.15) is 33.6 Å². The van der Waals surface area contributed by atoms with E-state index >= 15 is 0 Å². The molecule has 0 unspecified atom stereocenters. The molecule has 1 aliphatic heterocycles. The van der Waals surface area contributed by atoms with E-state index in [9.17, 15) is 9.59 Å². The van der Waals surface area contributed by atoms with Crippen molar-refractivity contribution >= 4 is 12.1 Å². The number of rotatable bonds is 1. The van der Waals surface area contributed by atoms with Gasteiger partial charge in [-0.05, 0) is 39.5 Å². The Labute approximate surface area is 107 Å². The number of piperidine rings is 1. The summed E-state index contributed by atoms with van der Waals surface area (Å²) >= 11 is 0. The Balaban J connectivity index is 1.95. The van der Waals surface area contributed by atoms with Gasteiger partial charge in [0.2, 0.25) is 0 Å². The van der Waals surface area contributed by atoms with Crippen LogP contribution in [0.2, 0.25) is 0 Å². The molecule has 0 aromatic heterocycles. The van der Waals surface area contributed by atoms with Crippen LogP contribution in [0.4, 0.5) is 4.79 Å². The van der Waals surface area contributed by atoms with Crippen LogP contribution in [0.25, 0.3) is 0 Å². The van der Waals surface area contributed by atoms with E-state index in [0.29, 0.717) is 13.0 Å². The molecule has 5 nitrogen and oxygen atoms in total. The standard InChI is InChI=1S/C13H21NO4/c1-13(2,3)18-12(16)14-7-8-5-9(14)6-10(8)11(15)17-4/h8-10H,5-7H2,1-4H3/t8-,9-,10+/m1/s1. The number of esters is 1. The highest BCUT2D eigenvalue weighted by atomic mass is 16.6. The smallest absolute Gasteiger partial charge is 0.410 e. The van der Waals surface area contributed by atoms with Gasteiger partial charge in [0.25, 0.3) is 0 Å². The summed E-state index contributed by atoms with van der Waals surface area (Å²) in [7, 11) is 1.42. The van der Waals surface area contributed by atoms with E-state index in [0.717, 1.165) is 6.42 Å². The van der Waals surface area contributed by atoms with E-state index in [1.807, 2.05) is 20.8 Å². The van der Waals surface area contributed by atoms with Crippen LogP contribution in [0.5, 0.6) is 0 Å². The predicted molar refractivity (Wildman–Crippen MR) is 65.0 cm³/mol. The Morgan fingerprint density at radius 3 is 2.33 bits per heavy atom. The van der Waals surface area contributed by atoms with Gasteiger partial charge < -0.3 is 14.4 Å². The second kappa shape index (κ2) is 4.44. The number of amides is 1. The third-order valence-electron chi connectivity index (χ3n) is 3.67. The first-order valence-electron chi connectivity index (χ1n) is 6.39. The van der Waals surface area contributed by atoms with Crippen LogP contribution < -0.4 is 0 Å². The number of hydrogen-bond donors (Lipinski definition) is 0. The molecule has 3 atom stereocenters. The summed E-state index contributed by atoms with van der Waals surface area (Å²) in [4.78, 5) is 25.3. The van der Waals surface area contributed by atoms with Crippen LogP contribution >= 0.6 is 0 Å². The predicted octanol–water partition coefficient (Wildman–Crippen LogP) is 1.80. The van der Waals surface area contributed by atoms with Gasteiger partial charge in [0.05, 0.1) is 13.0 Å². The molecule has 2 fully saturated rings. The van der Waals surface area contributed by atoms with Gasteiger partial charge in [-0.2, -0.15) is 0 Å². The molecule has 2 rings (SSSR count). The quantitative estimate of drug-likeness (QED) is 0.670. The fourth-order valence-electron chi connectivity index (χ4n) is 2.94. The van der Waals surface area contributed by atoms with Crippen molar-refractivity contribution in [2.24, 2.45) is 11.8 Å². The van der Waals surface area contributed by atoms with Crippen molar-refractivity contribution < 1.29 is 19.1 Å². The monoisotopic (exact) mass is 255 g/mol. The van der Waals surface area contributed by atoms with Crippen molar-refractivity contribution in [2.75, 3.05) is 13.7 Å². The highest BCUT2D eigenvalue weighted by molar-refractivity contribution is 5.75. The number of ether oxygens (including phenoxy) is 2. The van der Waals surface area contributed by atoms with Gasteiger partial charge in [0, 0.05) is 12.6 Å². The average Bonchev–Trinajstić information content (AvgIpc) is 2.84. The first-order chi connectivity index (χ1) is 8.31. The molecule has 0 radical (unpaired) electrons. The zero-order valence-corrected chi connectivity index (χ0v) is 11.4.